The number of carbonyl (C=O) groups is 1. The number of rotatable bonds is 6. The second-order valence-electron chi connectivity index (χ2n) is 6.42. The molecule has 0 radical (unpaired) electrons. The van der Waals surface area contributed by atoms with E-state index in [1.54, 1.807) is 16.0 Å². The van der Waals surface area contributed by atoms with Crippen molar-refractivity contribution in [3.05, 3.63) is 33.3 Å². The van der Waals surface area contributed by atoms with E-state index >= 15 is 0 Å². The lowest BCUT2D eigenvalue weighted by Gasteiger charge is -2.27. The van der Waals surface area contributed by atoms with Crippen LogP contribution in [0.25, 0.3) is 0 Å². The predicted octanol–water partition coefficient (Wildman–Crippen LogP) is 1.80. The Hall–Kier alpha value is -1.73. The molecule has 1 aliphatic heterocycles. The molecule has 1 amide bonds. The topological polar surface area (TPSA) is 63.1 Å². The molecule has 1 saturated carbocycles. The van der Waals surface area contributed by atoms with E-state index in [4.69, 9.17) is 0 Å². The van der Waals surface area contributed by atoms with Crippen molar-refractivity contribution in [2.75, 3.05) is 13.1 Å². The van der Waals surface area contributed by atoms with Crippen molar-refractivity contribution in [1.82, 2.24) is 25.2 Å². The number of hydrogen-bond acceptors (Lipinski definition) is 5. The van der Waals surface area contributed by atoms with Crippen LogP contribution in [0.3, 0.4) is 0 Å². The standard InChI is InChI=1S/C16H21N5OS/c1-11-2-5-13(23-11)8-17-9-14-15-16(22)20(10-12-3-4-12)6-7-21(15)19-18-14/h2,5,12,17H,3-4,6-10H2,1H3. The van der Waals surface area contributed by atoms with Gasteiger partial charge < -0.3 is 10.2 Å². The molecule has 2 aromatic rings. The van der Waals surface area contributed by atoms with Crippen LogP contribution in [-0.2, 0) is 19.6 Å². The summed E-state index contributed by atoms with van der Waals surface area (Å²) in [5.74, 6) is 0.807. The van der Waals surface area contributed by atoms with Crippen LogP contribution in [0.15, 0.2) is 12.1 Å². The van der Waals surface area contributed by atoms with Crippen molar-refractivity contribution in [1.29, 1.82) is 0 Å². The van der Waals surface area contributed by atoms with Crippen molar-refractivity contribution in [3.8, 4) is 0 Å². The van der Waals surface area contributed by atoms with E-state index in [9.17, 15) is 4.79 Å². The molecule has 23 heavy (non-hydrogen) atoms. The number of amides is 1. The number of aromatic nitrogens is 3. The second-order valence-corrected chi connectivity index (χ2v) is 7.79. The van der Waals surface area contributed by atoms with Gasteiger partial charge in [-0.1, -0.05) is 5.21 Å². The van der Waals surface area contributed by atoms with E-state index in [2.05, 4.69) is 34.7 Å². The summed E-state index contributed by atoms with van der Waals surface area (Å²) < 4.78 is 1.76. The summed E-state index contributed by atoms with van der Waals surface area (Å²) in [6.07, 6.45) is 2.52. The van der Waals surface area contributed by atoms with E-state index in [1.807, 2.05) is 4.90 Å². The van der Waals surface area contributed by atoms with Gasteiger partial charge in [-0.2, -0.15) is 0 Å². The number of nitrogens with one attached hydrogen (secondary N) is 1. The molecule has 0 aromatic carbocycles. The van der Waals surface area contributed by atoms with Gasteiger partial charge in [0.15, 0.2) is 5.69 Å². The van der Waals surface area contributed by atoms with Crippen molar-refractivity contribution in [2.45, 2.75) is 39.4 Å². The second kappa shape index (κ2) is 6.05. The van der Waals surface area contributed by atoms with Crippen LogP contribution in [0.5, 0.6) is 0 Å². The molecule has 2 aromatic heterocycles. The van der Waals surface area contributed by atoms with Crippen molar-refractivity contribution < 1.29 is 4.79 Å². The van der Waals surface area contributed by atoms with Gasteiger partial charge in [-0.25, -0.2) is 4.68 Å². The highest BCUT2D eigenvalue weighted by molar-refractivity contribution is 7.11. The average Bonchev–Trinajstić information content (AvgIpc) is 3.11. The molecule has 0 spiro atoms. The molecule has 0 saturated heterocycles. The van der Waals surface area contributed by atoms with Crippen LogP contribution < -0.4 is 5.32 Å². The molecule has 6 nitrogen and oxygen atoms in total. The molecule has 1 N–H and O–H groups in total. The zero-order valence-corrected chi connectivity index (χ0v) is 14.1. The molecule has 4 rings (SSSR count). The Labute approximate surface area is 139 Å². The predicted molar refractivity (Wildman–Crippen MR) is 88.2 cm³/mol. The van der Waals surface area contributed by atoms with E-state index in [0.29, 0.717) is 18.2 Å². The van der Waals surface area contributed by atoms with Crippen molar-refractivity contribution >= 4 is 17.2 Å². The smallest absolute Gasteiger partial charge is 0.274 e. The summed E-state index contributed by atoms with van der Waals surface area (Å²) in [6, 6.07) is 4.26. The molecular weight excluding hydrogens is 310 g/mol. The van der Waals surface area contributed by atoms with Gasteiger partial charge in [-0.3, -0.25) is 4.79 Å². The van der Waals surface area contributed by atoms with Crippen LogP contribution in [0.1, 0.15) is 38.8 Å². The first kappa shape index (κ1) is 14.8. The molecule has 2 aliphatic rings. The van der Waals surface area contributed by atoms with Crippen molar-refractivity contribution in [3.63, 3.8) is 0 Å². The van der Waals surface area contributed by atoms with E-state index < -0.39 is 0 Å². The van der Waals surface area contributed by atoms with Gasteiger partial charge in [-0.05, 0) is 37.8 Å². The first-order valence-corrected chi connectivity index (χ1v) is 9.00. The van der Waals surface area contributed by atoms with Crippen LogP contribution in [0, 0.1) is 12.8 Å². The third-order valence-corrected chi connectivity index (χ3v) is 5.44. The molecule has 0 atom stereocenters. The summed E-state index contributed by atoms with van der Waals surface area (Å²) in [4.78, 5) is 17.3. The first-order valence-electron chi connectivity index (χ1n) is 8.18. The summed E-state index contributed by atoms with van der Waals surface area (Å²) in [7, 11) is 0. The van der Waals surface area contributed by atoms with Crippen LogP contribution in [0.2, 0.25) is 0 Å². The van der Waals surface area contributed by atoms with Gasteiger partial charge >= 0.3 is 0 Å². The third kappa shape index (κ3) is 3.16. The van der Waals surface area contributed by atoms with Gasteiger partial charge in [0, 0.05) is 35.9 Å². The molecule has 0 unspecified atom stereocenters. The maximum absolute atomic E-state index is 12.7. The van der Waals surface area contributed by atoms with Crippen LogP contribution in [-0.4, -0.2) is 38.9 Å². The van der Waals surface area contributed by atoms with Crippen LogP contribution in [0.4, 0.5) is 0 Å². The fraction of sp³-hybridized carbons (Fsp3) is 0.562. The van der Waals surface area contributed by atoms with E-state index in [-0.39, 0.29) is 5.91 Å². The third-order valence-electron chi connectivity index (χ3n) is 4.44. The molecular formula is C16H21N5OS. The minimum Gasteiger partial charge on any atom is -0.335 e. The monoisotopic (exact) mass is 331 g/mol. The molecule has 0 bridgehead atoms. The van der Waals surface area contributed by atoms with Gasteiger partial charge in [0.05, 0.1) is 6.54 Å². The van der Waals surface area contributed by atoms with E-state index in [0.717, 1.165) is 31.9 Å². The number of hydrogen-bond donors (Lipinski definition) is 1. The van der Waals surface area contributed by atoms with Crippen molar-refractivity contribution in [2.24, 2.45) is 5.92 Å². The highest BCUT2D eigenvalue weighted by Crippen LogP contribution is 2.31. The molecule has 122 valence electrons. The lowest BCUT2D eigenvalue weighted by molar-refractivity contribution is 0.0687. The molecule has 3 heterocycles. The first-order chi connectivity index (χ1) is 11.2. The summed E-state index contributed by atoms with van der Waals surface area (Å²) >= 11 is 1.79. The number of nitrogens with zero attached hydrogens (tertiary/aromatic N) is 4. The largest absolute Gasteiger partial charge is 0.335 e. The highest BCUT2D eigenvalue weighted by atomic mass is 32.1. The Morgan fingerprint density at radius 1 is 1.30 bits per heavy atom. The summed E-state index contributed by atoms with van der Waals surface area (Å²) in [5.41, 5.74) is 1.44. The van der Waals surface area contributed by atoms with Gasteiger partial charge in [-0.15, -0.1) is 16.4 Å². The number of thiophene rings is 1. The van der Waals surface area contributed by atoms with E-state index in [1.165, 1.54) is 22.6 Å². The van der Waals surface area contributed by atoms with Crippen LogP contribution >= 0.6 is 11.3 Å². The average molecular weight is 331 g/mol. The Morgan fingerprint density at radius 2 is 2.17 bits per heavy atom. The zero-order chi connectivity index (χ0) is 15.8. The Bertz CT molecular complexity index is 718. The Balaban J connectivity index is 1.42. The van der Waals surface area contributed by atoms with Gasteiger partial charge in [0.25, 0.3) is 5.91 Å². The SMILES string of the molecule is Cc1ccc(CNCc2nnn3c2C(=O)N(CC2CC2)CC3)s1. The summed E-state index contributed by atoms with van der Waals surface area (Å²) in [5, 5.41) is 11.7. The number of carbonyl (C=O) groups excluding carboxylic acids is 1. The fourth-order valence-corrected chi connectivity index (χ4v) is 3.86. The molecule has 7 heteroatoms. The Morgan fingerprint density at radius 3 is 2.91 bits per heavy atom. The number of fused-ring (bicyclic) bond motifs is 1. The van der Waals surface area contributed by atoms with Gasteiger partial charge in [0.1, 0.15) is 5.69 Å². The molecule has 1 fully saturated rings. The maximum atomic E-state index is 12.7. The maximum Gasteiger partial charge on any atom is 0.274 e. The normalized spacial score (nSPS) is 17.6. The zero-order valence-electron chi connectivity index (χ0n) is 13.3. The van der Waals surface area contributed by atoms with Gasteiger partial charge in [0.2, 0.25) is 0 Å². The Kier molecular flexibility index (Phi) is 3.90. The lowest BCUT2D eigenvalue weighted by atomic mass is 10.2. The minimum absolute atomic E-state index is 0.0944. The fourth-order valence-electron chi connectivity index (χ4n) is 3.00. The lowest BCUT2D eigenvalue weighted by Crippen LogP contribution is -2.42. The molecule has 1 aliphatic carbocycles. The quantitative estimate of drug-likeness (QED) is 0.877. The summed E-state index contributed by atoms with van der Waals surface area (Å²) in [6.45, 7) is 5.89. The number of aryl methyl sites for hydroxylation is 1. The highest BCUT2D eigenvalue weighted by Gasteiger charge is 2.33. The minimum atomic E-state index is 0.0944.